The highest BCUT2D eigenvalue weighted by Gasteiger charge is 2.15. The Morgan fingerprint density at radius 1 is 1.20 bits per heavy atom. The monoisotopic (exact) mass is 459 g/mol. The first-order valence-corrected chi connectivity index (χ1v) is 10.4. The van der Waals surface area contributed by atoms with Gasteiger partial charge in [-0.25, -0.2) is 4.68 Å². The molecule has 0 atom stereocenters. The standard InChI is InChI=1S/C21H19Cl2N5OS/c1-3-10-26-19(29)15-6-4-5-7-18(15)28-20(26)24-27(21(28)30)13-25(2)12-14-8-9-16(22)17(23)11-14/h3-9,11H,1,10,12-13H2,2H3. The first-order chi connectivity index (χ1) is 14.4. The number of hydrogen-bond donors (Lipinski definition) is 0. The van der Waals surface area contributed by atoms with E-state index in [-0.39, 0.29) is 5.56 Å². The van der Waals surface area contributed by atoms with Crippen molar-refractivity contribution in [3.63, 3.8) is 0 Å². The van der Waals surface area contributed by atoms with E-state index in [9.17, 15) is 4.79 Å². The van der Waals surface area contributed by atoms with E-state index in [1.54, 1.807) is 27.5 Å². The maximum Gasteiger partial charge on any atom is 0.263 e. The average molecular weight is 460 g/mol. The molecule has 154 valence electrons. The predicted octanol–water partition coefficient (Wildman–Crippen LogP) is 4.76. The van der Waals surface area contributed by atoms with Crippen LogP contribution in [0.5, 0.6) is 0 Å². The van der Waals surface area contributed by atoms with Crippen molar-refractivity contribution in [1.82, 2.24) is 23.6 Å². The summed E-state index contributed by atoms with van der Waals surface area (Å²) in [6, 6.07) is 13.0. The van der Waals surface area contributed by atoms with E-state index < -0.39 is 0 Å². The highest BCUT2D eigenvalue weighted by atomic mass is 35.5. The maximum atomic E-state index is 13.0. The fourth-order valence-corrected chi connectivity index (χ4v) is 4.08. The van der Waals surface area contributed by atoms with Crippen LogP contribution in [-0.2, 0) is 19.8 Å². The molecular weight excluding hydrogens is 441 g/mol. The summed E-state index contributed by atoms with van der Waals surface area (Å²) in [6.45, 7) is 5.18. The second-order valence-electron chi connectivity index (χ2n) is 7.04. The van der Waals surface area contributed by atoms with Gasteiger partial charge in [-0.15, -0.1) is 11.7 Å². The summed E-state index contributed by atoms with van der Waals surface area (Å²) >= 11 is 17.8. The second kappa shape index (κ2) is 8.35. The average Bonchev–Trinajstić information content (AvgIpc) is 3.04. The normalized spacial score (nSPS) is 11.6. The van der Waals surface area contributed by atoms with Crippen LogP contribution in [0.1, 0.15) is 5.56 Å². The van der Waals surface area contributed by atoms with Crippen LogP contribution >= 0.6 is 35.4 Å². The van der Waals surface area contributed by atoms with Gasteiger partial charge in [-0.1, -0.05) is 47.5 Å². The molecule has 0 bridgehead atoms. The minimum atomic E-state index is -0.116. The van der Waals surface area contributed by atoms with Crippen LogP contribution in [0.2, 0.25) is 10.0 Å². The van der Waals surface area contributed by atoms with E-state index in [4.69, 9.17) is 35.4 Å². The summed E-state index contributed by atoms with van der Waals surface area (Å²) in [5.74, 6) is 0.492. The Kier molecular flexibility index (Phi) is 5.79. The molecule has 2 aromatic carbocycles. The molecule has 2 aromatic heterocycles. The molecule has 30 heavy (non-hydrogen) atoms. The quantitative estimate of drug-likeness (QED) is 0.308. The highest BCUT2D eigenvalue weighted by Crippen LogP contribution is 2.23. The van der Waals surface area contributed by atoms with E-state index in [1.807, 2.05) is 41.8 Å². The highest BCUT2D eigenvalue weighted by molar-refractivity contribution is 7.71. The molecule has 4 rings (SSSR count). The van der Waals surface area contributed by atoms with Crippen molar-refractivity contribution >= 4 is 52.1 Å². The number of para-hydroxylation sites is 1. The zero-order chi connectivity index (χ0) is 21.4. The fourth-order valence-electron chi connectivity index (χ4n) is 3.48. The Labute approximate surface area is 188 Å². The van der Waals surface area contributed by atoms with Crippen LogP contribution in [0, 0.1) is 4.77 Å². The van der Waals surface area contributed by atoms with Gasteiger partial charge in [0.25, 0.3) is 5.56 Å². The summed E-state index contributed by atoms with van der Waals surface area (Å²) in [5.41, 5.74) is 1.65. The SMILES string of the molecule is C=CCn1c(=O)c2ccccc2n2c(=S)n(CN(C)Cc3ccc(Cl)c(Cl)c3)nc12. The van der Waals surface area contributed by atoms with Crippen molar-refractivity contribution in [2.75, 3.05) is 7.05 Å². The van der Waals surface area contributed by atoms with Crippen LogP contribution in [-0.4, -0.2) is 30.7 Å². The molecule has 0 fully saturated rings. The van der Waals surface area contributed by atoms with Crippen molar-refractivity contribution in [3.05, 3.63) is 85.9 Å². The van der Waals surface area contributed by atoms with Crippen LogP contribution in [0.15, 0.2) is 59.9 Å². The van der Waals surface area contributed by atoms with Gasteiger partial charge in [-0.05, 0) is 49.1 Å². The van der Waals surface area contributed by atoms with Gasteiger partial charge >= 0.3 is 0 Å². The predicted molar refractivity (Wildman–Crippen MR) is 124 cm³/mol. The molecule has 0 N–H and O–H groups in total. The Morgan fingerprint density at radius 2 is 1.97 bits per heavy atom. The molecule has 9 heteroatoms. The summed E-state index contributed by atoms with van der Waals surface area (Å²) in [6.07, 6.45) is 1.68. The molecule has 6 nitrogen and oxygen atoms in total. The van der Waals surface area contributed by atoms with Crippen molar-refractivity contribution in [1.29, 1.82) is 0 Å². The largest absolute Gasteiger partial charge is 0.283 e. The zero-order valence-corrected chi connectivity index (χ0v) is 18.6. The Balaban J connectivity index is 1.77. The van der Waals surface area contributed by atoms with Crippen molar-refractivity contribution in [2.45, 2.75) is 19.8 Å². The van der Waals surface area contributed by atoms with Crippen molar-refractivity contribution < 1.29 is 0 Å². The van der Waals surface area contributed by atoms with Gasteiger partial charge in [-0.2, -0.15) is 0 Å². The molecule has 0 aliphatic carbocycles. The number of benzene rings is 2. The molecule has 2 heterocycles. The van der Waals surface area contributed by atoms with Gasteiger partial charge in [-0.3, -0.25) is 18.7 Å². The van der Waals surface area contributed by atoms with Crippen LogP contribution < -0.4 is 5.56 Å². The zero-order valence-electron chi connectivity index (χ0n) is 16.3. The third kappa shape index (κ3) is 3.70. The molecule has 0 saturated carbocycles. The van der Waals surface area contributed by atoms with Gasteiger partial charge in [0.15, 0.2) is 0 Å². The van der Waals surface area contributed by atoms with Gasteiger partial charge in [0.1, 0.15) is 0 Å². The minimum Gasteiger partial charge on any atom is -0.283 e. The smallest absolute Gasteiger partial charge is 0.263 e. The van der Waals surface area contributed by atoms with Gasteiger partial charge in [0, 0.05) is 13.1 Å². The molecule has 0 spiro atoms. The summed E-state index contributed by atoms with van der Waals surface area (Å²) < 4.78 is 5.65. The molecule has 4 aromatic rings. The topological polar surface area (TPSA) is 47.5 Å². The Bertz CT molecular complexity index is 1390. The van der Waals surface area contributed by atoms with E-state index in [2.05, 4.69) is 16.6 Å². The lowest BCUT2D eigenvalue weighted by Crippen LogP contribution is -2.23. The number of nitrogens with zero attached hydrogens (tertiary/aromatic N) is 5. The van der Waals surface area contributed by atoms with E-state index in [0.717, 1.165) is 11.1 Å². The molecule has 0 aliphatic rings. The summed E-state index contributed by atoms with van der Waals surface area (Å²) in [4.78, 5) is 15.0. The lowest BCUT2D eigenvalue weighted by molar-refractivity contribution is 0.244. The number of hydrogen-bond acceptors (Lipinski definition) is 4. The van der Waals surface area contributed by atoms with Crippen molar-refractivity contribution in [2.24, 2.45) is 0 Å². The third-order valence-corrected chi connectivity index (χ3v) is 5.94. The number of fused-ring (bicyclic) bond motifs is 3. The van der Waals surface area contributed by atoms with E-state index in [1.165, 1.54) is 0 Å². The first kappa shape index (κ1) is 20.8. The van der Waals surface area contributed by atoms with Gasteiger partial charge < -0.3 is 0 Å². The Morgan fingerprint density at radius 3 is 2.70 bits per heavy atom. The first-order valence-electron chi connectivity index (χ1n) is 9.25. The lowest BCUT2D eigenvalue weighted by Gasteiger charge is -2.16. The van der Waals surface area contributed by atoms with Crippen LogP contribution in [0.4, 0.5) is 0 Å². The summed E-state index contributed by atoms with van der Waals surface area (Å²) in [7, 11) is 1.96. The number of allylic oxidation sites excluding steroid dienone is 1. The van der Waals surface area contributed by atoms with Gasteiger partial charge in [0.2, 0.25) is 10.5 Å². The third-order valence-electron chi connectivity index (χ3n) is 4.81. The fraction of sp³-hybridized carbons (Fsp3) is 0.190. The maximum absolute atomic E-state index is 13.0. The van der Waals surface area contributed by atoms with Crippen LogP contribution in [0.3, 0.4) is 0 Å². The summed E-state index contributed by atoms with van der Waals surface area (Å²) in [5, 5.41) is 6.29. The number of aromatic nitrogens is 4. The second-order valence-corrected chi connectivity index (χ2v) is 8.22. The van der Waals surface area contributed by atoms with Crippen LogP contribution in [0.25, 0.3) is 16.7 Å². The minimum absolute atomic E-state index is 0.116. The lowest BCUT2D eigenvalue weighted by atomic mass is 10.2. The van der Waals surface area contributed by atoms with E-state index >= 15 is 0 Å². The Hall–Kier alpha value is -2.45. The van der Waals surface area contributed by atoms with Crippen molar-refractivity contribution in [3.8, 4) is 0 Å². The molecule has 0 unspecified atom stereocenters. The van der Waals surface area contributed by atoms with Gasteiger partial charge in [0.05, 0.1) is 27.6 Å². The van der Waals surface area contributed by atoms with E-state index in [0.29, 0.717) is 45.7 Å². The number of halogens is 2. The molecule has 0 saturated heterocycles. The number of rotatable bonds is 6. The molecule has 0 aliphatic heterocycles. The molecule has 0 amide bonds. The molecular formula is C21H19Cl2N5OS. The molecule has 0 radical (unpaired) electrons.